The fraction of sp³-hybridized carbons (Fsp3) is 0.800. The van der Waals surface area contributed by atoms with Crippen LogP contribution in [-0.2, 0) is 0 Å². The lowest BCUT2D eigenvalue weighted by atomic mass is 10.2. The van der Waals surface area contributed by atoms with Crippen LogP contribution >= 0.6 is 12.2 Å². The fourth-order valence-electron chi connectivity index (χ4n) is 0.870. The van der Waals surface area contributed by atoms with Crippen molar-refractivity contribution in [1.82, 2.24) is 10.6 Å². The van der Waals surface area contributed by atoms with E-state index in [4.69, 9.17) is 17.3 Å². The predicted molar refractivity (Wildman–Crippen MR) is 39.0 cm³/mol. The SMILES string of the molecule is CC1CC(O)NC(=S)N1. The number of thiocarbonyl (C=S) groups is 1. The molecule has 0 amide bonds. The van der Waals surface area contributed by atoms with E-state index < -0.39 is 6.23 Å². The summed E-state index contributed by atoms with van der Waals surface area (Å²) in [7, 11) is 0. The van der Waals surface area contributed by atoms with Crippen molar-refractivity contribution in [2.24, 2.45) is 0 Å². The van der Waals surface area contributed by atoms with Crippen LogP contribution in [0.15, 0.2) is 0 Å². The summed E-state index contributed by atoms with van der Waals surface area (Å²) in [5, 5.41) is 15.2. The molecule has 0 radical (unpaired) electrons. The van der Waals surface area contributed by atoms with Gasteiger partial charge in [-0.3, -0.25) is 0 Å². The monoisotopic (exact) mass is 146 g/mol. The molecular formula is C5H10N2OS. The Hall–Kier alpha value is -0.350. The average Bonchev–Trinajstić information content (AvgIpc) is 1.59. The summed E-state index contributed by atoms with van der Waals surface area (Å²) >= 11 is 4.78. The van der Waals surface area contributed by atoms with Crippen LogP contribution in [0.5, 0.6) is 0 Å². The van der Waals surface area contributed by atoms with E-state index >= 15 is 0 Å². The van der Waals surface area contributed by atoms with Crippen LogP contribution in [0.4, 0.5) is 0 Å². The minimum absolute atomic E-state index is 0.286. The van der Waals surface area contributed by atoms with Crippen LogP contribution in [0.2, 0.25) is 0 Å². The Morgan fingerprint density at radius 2 is 2.33 bits per heavy atom. The second kappa shape index (κ2) is 2.49. The van der Waals surface area contributed by atoms with Crippen molar-refractivity contribution >= 4 is 17.3 Å². The zero-order chi connectivity index (χ0) is 6.85. The van der Waals surface area contributed by atoms with E-state index in [1.165, 1.54) is 0 Å². The van der Waals surface area contributed by atoms with Gasteiger partial charge < -0.3 is 15.7 Å². The molecule has 9 heavy (non-hydrogen) atoms. The zero-order valence-corrected chi connectivity index (χ0v) is 6.03. The second-order valence-electron chi connectivity index (χ2n) is 2.27. The van der Waals surface area contributed by atoms with Crippen molar-refractivity contribution < 1.29 is 5.11 Å². The molecule has 3 nitrogen and oxygen atoms in total. The Morgan fingerprint density at radius 3 is 2.78 bits per heavy atom. The van der Waals surface area contributed by atoms with E-state index in [1.807, 2.05) is 6.92 Å². The van der Waals surface area contributed by atoms with Gasteiger partial charge in [-0.1, -0.05) is 0 Å². The summed E-state index contributed by atoms with van der Waals surface area (Å²) in [4.78, 5) is 0. The molecule has 1 fully saturated rings. The average molecular weight is 146 g/mol. The maximum Gasteiger partial charge on any atom is 0.168 e. The van der Waals surface area contributed by atoms with Crippen LogP contribution in [0.3, 0.4) is 0 Å². The maximum atomic E-state index is 9.01. The highest BCUT2D eigenvalue weighted by Gasteiger charge is 2.17. The quantitative estimate of drug-likeness (QED) is 0.405. The molecule has 1 heterocycles. The standard InChI is InChI=1S/C5H10N2OS/c1-3-2-4(8)7-5(9)6-3/h3-4,8H,2H2,1H3,(H2,6,7,9). The van der Waals surface area contributed by atoms with Crippen molar-refractivity contribution in [3.63, 3.8) is 0 Å². The molecule has 0 aromatic rings. The van der Waals surface area contributed by atoms with Gasteiger partial charge in [0.2, 0.25) is 0 Å². The third-order valence-corrected chi connectivity index (χ3v) is 1.49. The van der Waals surface area contributed by atoms with Crippen LogP contribution < -0.4 is 10.6 Å². The van der Waals surface area contributed by atoms with E-state index in [-0.39, 0.29) is 6.04 Å². The first-order valence-electron chi connectivity index (χ1n) is 2.93. The number of hydrogen-bond donors (Lipinski definition) is 3. The Bertz CT molecular complexity index is 116. The minimum atomic E-state index is -0.464. The minimum Gasteiger partial charge on any atom is -0.374 e. The number of aliphatic hydroxyl groups is 1. The molecule has 1 rings (SSSR count). The largest absolute Gasteiger partial charge is 0.374 e. The van der Waals surface area contributed by atoms with Crippen molar-refractivity contribution in [2.75, 3.05) is 0 Å². The lowest BCUT2D eigenvalue weighted by molar-refractivity contribution is 0.129. The first kappa shape index (κ1) is 6.77. The lowest BCUT2D eigenvalue weighted by Gasteiger charge is -2.27. The molecule has 0 spiro atoms. The summed E-state index contributed by atoms with van der Waals surface area (Å²) in [6.07, 6.45) is 0.244. The van der Waals surface area contributed by atoms with Gasteiger partial charge in [0.1, 0.15) is 6.23 Å². The van der Waals surface area contributed by atoms with Gasteiger partial charge in [-0.2, -0.15) is 0 Å². The highest BCUT2D eigenvalue weighted by Crippen LogP contribution is 1.99. The molecule has 4 heteroatoms. The molecule has 0 aromatic heterocycles. The van der Waals surface area contributed by atoms with Gasteiger partial charge >= 0.3 is 0 Å². The molecule has 0 aliphatic carbocycles. The van der Waals surface area contributed by atoms with Crippen molar-refractivity contribution in [3.05, 3.63) is 0 Å². The molecule has 3 N–H and O–H groups in total. The zero-order valence-electron chi connectivity index (χ0n) is 5.22. The van der Waals surface area contributed by atoms with Gasteiger partial charge in [-0.25, -0.2) is 0 Å². The smallest absolute Gasteiger partial charge is 0.168 e. The van der Waals surface area contributed by atoms with E-state index in [0.29, 0.717) is 11.5 Å². The third-order valence-electron chi connectivity index (χ3n) is 1.25. The van der Waals surface area contributed by atoms with Crippen LogP contribution in [0.25, 0.3) is 0 Å². The molecule has 0 aromatic carbocycles. The second-order valence-corrected chi connectivity index (χ2v) is 2.68. The molecule has 1 aliphatic rings. The first-order valence-corrected chi connectivity index (χ1v) is 3.34. The molecule has 52 valence electrons. The molecule has 1 saturated heterocycles. The number of hydrogen-bond acceptors (Lipinski definition) is 2. The van der Waals surface area contributed by atoms with Gasteiger partial charge in [0, 0.05) is 12.5 Å². The summed E-state index contributed by atoms with van der Waals surface area (Å²) in [6.45, 7) is 1.98. The Balaban J connectivity index is 2.43. The molecule has 2 unspecified atom stereocenters. The first-order chi connectivity index (χ1) is 4.18. The maximum absolute atomic E-state index is 9.01. The molecular weight excluding hydrogens is 136 g/mol. The number of nitrogens with one attached hydrogen (secondary N) is 2. The van der Waals surface area contributed by atoms with Gasteiger partial charge in [0.25, 0.3) is 0 Å². The normalized spacial score (nSPS) is 35.1. The Labute approximate surface area is 59.4 Å². The summed E-state index contributed by atoms with van der Waals surface area (Å²) in [5.41, 5.74) is 0. The topological polar surface area (TPSA) is 44.3 Å². The van der Waals surface area contributed by atoms with E-state index in [2.05, 4.69) is 10.6 Å². The molecule has 0 saturated carbocycles. The highest BCUT2D eigenvalue weighted by atomic mass is 32.1. The molecule has 2 atom stereocenters. The Kier molecular flexibility index (Phi) is 1.87. The highest BCUT2D eigenvalue weighted by molar-refractivity contribution is 7.80. The molecule has 1 aliphatic heterocycles. The summed E-state index contributed by atoms with van der Waals surface area (Å²) in [6, 6.07) is 0.286. The number of aliphatic hydroxyl groups excluding tert-OH is 1. The van der Waals surface area contributed by atoms with Crippen molar-refractivity contribution in [1.29, 1.82) is 0 Å². The Morgan fingerprint density at radius 1 is 1.67 bits per heavy atom. The van der Waals surface area contributed by atoms with E-state index in [1.54, 1.807) is 0 Å². The number of rotatable bonds is 0. The van der Waals surface area contributed by atoms with Gasteiger partial charge in [0.05, 0.1) is 0 Å². The van der Waals surface area contributed by atoms with Gasteiger partial charge in [-0.05, 0) is 19.1 Å². The van der Waals surface area contributed by atoms with Gasteiger partial charge in [0.15, 0.2) is 5.11 Å². The van der Waals surface area contributed by atoms with Crippen LogP contribution in [0, 0.1) is 0 Å². The van der Waals surface area contributed by atoms with Crippen LogP contribution in [0.1, 0.15) is 13.3 Å². The van der Waals surface area contributed by atoms with Crippen molar-refractivity contribution in [2.45, 2.75) is 25.6 Å². The van der Waals surface area contributed by atoms with E-state index in [9.17, 15) is 0 Å². The third kappa shape index (κ3) is 1.80. The fourth-order valence-corrected chi connectivity index (χ4v) is 1.21. The summed E-state index contributed by atoms with van der Waals surface area (Å²) in [5.74, 6) is 0. The summed E-state index contributed by atoms with van der Waals surface area (Å²) < 4.78 is 0. The lowest BCUT2D eigenvalue weighted by Crippen LogP contribution is -2.53. The van der Waals surface area contributed by atoms with Crippen LogP contribution in [-0.4, -0.2) is 22.5 Å². The van der Waals surface area contributed by atoms with Gasteiger partial charge in [-0.15, -0.1) is 0 Å². The molecule has 0 bridgehead atoms. The van der Waals surface area contributed by atoms with Crippen molar-refractivity contribution in [3.8, 4) is 0 Å². The predicted octanol–water partition coefficient (Wildman–Crippen LogP) is -0.439. The van der Waals surface area contributed by atoms with E-state index in [0.717, 1.165) is 0 Å².